The third-order valence-electron chi connectivity index (χ3n) is 7.25. The fourth-order valence-electron chi connectivity index (χ4n) is 5.35. The first-order valence-electron chi connectivity index (χ1n) is 13.1. The summed E-state index contributed by atoms with van der Waals surface area (Å²) < 4.78 is 8.01. The van der Waals surface area contributed by atoms with Gasteiger partial charge in [-0.2, -0.15) is 4.98 Å². The van der Waals surface area contributed by atoms with Crippen LogP contribution in [0.1, 0.15) is 50.2 Å². The van der Waals surface area contributed by atoms with E-state index in [-0.39, 0.29) is 24.6 Å². The van der Waals surface area contributed by atoms with Crippen LogP contribution in [-0.4, -0.2) is 45.4 Å². The molecule has 4 aromatic rings. The molecule has 0 aliphatic heterocycles. The first-order chi connectivity index (χ1) is 18.0. The van der Waals surface area contributed by atoms with E-state index in [4.69, 9.17) is 16.2 Å². The molecule has 194 valence electrons. The number of aliphatic hydroxyl groups excluding tert-OH is 1. The number of rotatable bonds is 9. The van der Waals surface area contributed by atoms with Crippen molar-refractivity contribution in [2.45, 2.75) is 57.7 Å². The maximum Gasteiger partial charge on any atom is 0.222 e. The number of para-hydroxylation sites is 1. The molecule has 2 atom stereocenters. The van der Waals surface area contributed by atoms with E-state index in [1.54, 1.807) is 7.11 Å². The molecule has 2 aromatic carbocycles. The van der Waals surface area contributed by atoms with E-state index in [2.05, 4.69) is 57.1 Å². The Balaban J connectivity index is 1.66. The lowest BCUT2D eigenvalue weighted by Crippen LogP contribution is -2.25. The standard InChI is InChI=1S/C29H36N6O2/c1-3-6-22(17-36)32-28-27-26(33-29(31)34-28)23-7-4-5-8-24(23)35(27)16-20-15-19(11-14-25(20)37-2)18-9-12-21(30)13-10-18/h4-5,7-9,11,14-15,21-22,36H,3,6,10,12-13,16-17,30H2,1-2H3,(H3,31,32,33,34)/t21?,22-/m0/s1. The van der Waals surface area contributed by atoms with Crippen molar-refractivity contribution >= 4 is 39.3 Å². The van der Waals surface area contributed by atoms with E-state index in [1.807, 2.05) is 18.2 Å². The number of nitrogens with one attached hydrogen (secondary N) is 1. The summed E-state index contributed by atoms with van der Waals surface area (Å²) in [5.74, 6) is 1.66. The fourth-order valence-corrected chi connectivity index (χ4v) is 5.35. The molecule has 2 aromatic heterocycles. The van der Waals surface area contributed by atoms with Gasteiger partial charge in [-0.1, -0.05) is 43.7 Å². The summed E-state index contributed by atoms with van der Waals surface area (Å²) in [6, 6.07) is 14.7. The molecule has 8 heteroatoms. The first-order valence-corrected chi connectivity index (χ1v) is 13.1. The Labute approximate surface area is 217 Å². The van der Waals surface area contributed by atoms with Crippen molar-refractivity contribution < 1.29 is 9.84 Å². The number of aliphatic hydroxyl groups is 1. The highest BCUT2D eigenvalue weighted by Gasteiger charge is 2.21. The molecular weight excluding hydrogens is 464 g/mol. The second kappa shape index (κ2) is 10.8. The quantitative estimate of drug-likeness (QED) is 0.263. The average molecular weight is 501 g/mol. The summed E-state index contributed by atoms with van der Waals surface area (Å²) in [5.41, 5.74) is 18.6. The second-order valence-corrected chi connectivity index (χ2v) is 9.83. The van der Waals surface area contributed by atoms with Crippen molar-refractivity contribution in [3.05, 3.63) is 59.7 Å². The van der Waals surface area contributed by atoms with Gasteiger partial charge in [0.1, 0.15) is 16.8 Å². The van der Waals surface area contributed by atoms with Gasteiger partial charge in [0.15, 0.2) is 5.82 Å². The number of anilines is 2. The molecule has 5 rings (SSSR count). The van der Waals surface area contributed by atoms with Crippen LogP contribution in [0.3, 0.4) is 0 Å². The lowest BCUT2D eigenvalue weighted by molar-refractivity contribution is 0.268. The Hall–Kier alpha value is -3.62. The second-order valence-electron chi connectivity index (χ2n) is 9.83. The van der Waals surface area contributed by atoms with Gasteiger partial charge in [-0.15, -0.1) is 0 Å². The smallest absolute Gasteiger partial charge is 0.222 e. The van der Waals surface area contributed by atoms with Crippen molar-refractivity contribution in [3.8, 4) is 5.75 Å². The first kappa shape index (κ1) is 25.0. The van der Waals surface area contributed by atoms with Crippen molar-refractivity contribution in [1.82, 2.24) is 14.5 Å². The molecule has 0 amide bonds. The molecule has 2 heterocycles. The molecule has 37 heavy (non-hydrogen) atoms. The van der Waals surface area contributed by atoms with Gasteiger partial charge in [-0.3, -0.25) is 0 Å². The molecule has 0 spiro atoms. The zero-order valence-electron chi connectivity index (χ0n) is 21.6. The molecule has 8 nitrogen and oxygen atoms in total. The number of nitrogens with zero attached hydrogens (tertiary/aromatic N) is 3. The van der Waals surface area contributed by atoms with Gasteiger partial charge >= 0.3 is 0 Å². The molecule has 1 aliphatic carbocycles. The van der Waals surface area contributed by atoms with Crippen LogP contribution in [-0.2, 0) is 6.54 Å². The van der Waals surface area contributed by atoms with E-state index < -0.39 is 0 Å². The summed E-state index contributed by atoms with van der Waals surface area (Å²) in [6.07, 6.45) is 6.90. The number of nitrogens with two attached hydrogens (primary N) is 2. The number of allylic oxidation sites excluding steroid dienone is 1. The highest BCUT2D eigenvalue weighted by Crippen LogP contribution is 2.36. The summed E-state index contributed by atoms with van der Waals surface area (Å²) >= 11 is 0. The van der Waals surface area contributed by atoms with Gasteiger partial charge in [0.05, 0.1) is 31.8 Å². The Bertz CT molecular complexity index is 1440. The predicted molar refractivity (Wildman–Crippen MR) is 151 cm³/mol. The van der Waals surface area contributed by atoms with Gasteiger partial charge in [-0.25, -0.2) is 4.98 Å². The normalized spacial score (nSPS) is 16.6. The van der Waals surface area contributed by atoms with E-state index >= 15 is 0 Å². The van der Waals surface area contributed by atoms with Crippen LogP contribution in [0.4, 0.5) is 11.8 Å². The Morgan fingerprint density at radius 2 is 2.05 bits per heavy atom. The zero-order valence-corrected chi connectivity index (χ0v) is 21.6. The van der Waals surface area contributed by atoms with Crippen molar-refractivity contribution in [1.29, 1.82) is 0 Å². The topological polar surface area (TPSA) is 124 Å². The summed E-state index contributed by atoms with van der Waals surface area (Å²) in [4.78, 5) is 9.22. The lowest BCUT2D eigenvalue weighted by atomic mass is 9.90. The minimum Gasteiger partial charge on any atom is -0.496 e. The number of hydrogen-bond acceptors (Lipinski definition) is 7. The number of benzene rings is 2. The molecular formula is C29H36N6O2. The maximum absolute atomic E-state index is 9.97. The molecule has 0 saturated carbocycles. The van der Waals surface area contributed by atoms with Gasteiger partial charge in [0.25, 0.3) is 0 Å². The van der Waals surface area contributed by atoms with Gasteiger partial charge in [0, 0.05) is 17.0 Å². The van der Waals surface area contributed by atoms with Crippen LogP contribution >= 0.6 is 0 Å². The summed E-state index contributed by atoms with van der Waals surface area (Å²) in [5, 5.41) is 14.4. The van der Waals surface area contributed by atoms with Crippen molar-refractivity contribution in [3.63, 3.8) is 0 Å². The van der Waals surface area contributed by atoms with E-state index in [0.29, 0.717) is 12.4 Å². The van der Waals surface area contributed by atoms with Crippen LogP contribution in [0.25, 0.3) is 27.5 Å². The van der Waals surface area contributed by atoms with Crippen LogP contribution in [0.5, 0.6) is 5.75 Å². The number of ether oxygens (including phenoxy) is 1. The fraction of sp³-hybridized carbons (Fsp3) is 0.379. The van der Waals surface area contributed by atoms with Gasteiger partial charge < -0.3 is 31.2 Å². The summed E-state index contributed by atoms with van der Waals surface area (Å²) in [6.45, 7) is 2.67. The van der Waals surface area contributed by atoms with E-state index in [1.165, 1.54) is 11.1 Å². The SMILES string of the molecule is CCC[C@@H](CO)Nc1nc(N)nc2c3ccccc3n(Cc3cc(C4=CCC(N)CC4)ccc3OC)c12. The monoisotopic (exact) mass is 500 g/mol. The Kier molecular flexibility index (Phi) is 7.30. The van der Waals surface area contributed by atoms with Crippen LogP contribution in [0.2, 0.25) is 0 Å². The van der Waals surface area contributed by atoms with E-state index in [0.717, 1.165) is 65.4 Å². The highest BCUT2D eigenvalue weighted by atomic mass is 16.5. The lowest BCUT2D eigenvalue weighted by Gasteiger charge is -2.20. The third-order valence-corrected chi connectivity index (χ3v) is 7.25. The number of aromatic nitrogens is 3. The maximum atomic E-state index is 9.97. The van der Waals surface area contributed by atoms with Crippen LogP contribution in [0.15, 0.2) is 48.5 Å². The minimum atomic E-state index is -0.128. The van der Waals surface area contributed by atoms with Gasteiger partial charge in [-0.05, 0) is 55.0 Å². The van der Waals surface area contributed by atoms with E-state index in [9.17, 15) is 5.11 Å². The molecule has 6 N–H and O–H groups in total. The molecule has 0 saturated heterocycles. The van der Waals surface area contributed by atoms with Gasteiger partial charge in [0.2, 0.25) is 5.95 Å². The largest absolute Gasteiger partial charge is 0.496 e. The Morgan fingerprint density at radius 3 is 2.78 bits per heavy atom. The third kappa shape index (κ3) is 4.99. The van der Waals surface area contributed by atoms with Crippen LogP contribution in [0, 0.1) is 0 Å². The number of methoxy groups -OCH3 is 1. The minimum absolute atomic E-state index is 0.00804. The molecule has 0 fully saturated rings. The molecule has 0 bridgehead atoms. The Morgan fingerprint density at radius 1 is 1.22 bits per heavy atom. The number of fused-ring (bicyclic) bond motifs is 3. The average Bonchev–Trinajstić information content (AvgIpc) is 3.22. The summed E-state index contributed by atoms with van der Waals surface area (Å²) in [7, 11) is 1.71. The number of hydrogen-bond donors (Lipinski definition) is 4. The molecule has 1 unspecified atom stereocenters. The van der Waals surface area contributed by atoms with Crippen molar-refractivity contribution in [2.24, 2.45) is 5.73 Å². The zero-order chi connectivity index (χ0) is 25.9. The number of nitrogen functional groups attached to an aromatic ring is 1. The molecule has 0 radical (unpaired) electrons. The molecule has 1 aliphatic rings. The highest BCUT2D eigenvalue weighted by molar-refractivity contribution is 6.09. The predicted octanol–water partition coefficient (Wildman–Crippen LogP) is 4.69. The van der Waals surface area contributed by atoms with Crippen LogP contribution < -0.4 is 21.5 Å². The van der Waals surface area contributed by atoms with Crippen molar-refractivity contribution in [2.75, 3.05) is 24.8 Å².